The Kier molecular flexibility index (Phi) is 2.29. The fourth-order valence-electron chi connectivity index (χ4n) is 2.62. The van der Waals surface area contributed by atoms with Gasteiger partial charge < -0.3 is 4.74 Å². The topological polar surface area (TPSA) is 9.23 Å². The van der Waals surface area contributed by atoms with Crippen molar-refractivity contribution in [1.82, 2.24) is 0 Å². The average molecular weight is 178 g/mol. The highest BCUT2D eigenvalue weighted by Crippen LogP contribution is 2.39. The number of rotatable bonds is 1. The second-order valence-corrected chi connectivity index (χ2v) is 4.31. The molecular formula is C12H18O. The summed E-state index contributed by atoms with van der Waals surface area (Å²) in [5, 5.41) is 0. The summed E-state index contributed by atoms with van der Waals surface area (Å²) in [5.74, 6) is 1.31. The van der Waals surface area contributed by atoms with E-state index in [4.69, 9.17) is 4.74 Å². The standard InChI is InChI=1S/C12H18O/c1-8-9(2)13-10(3)12(8)11-6-4-5-7-11/h4-6,8-10,12H,7H2,1-3H3. The first kappa shape index (κ1) is 9.01. The summed E-state index contributed by atoms with van der Waals surface area (Å²) in [4.78, 5) is 0. The zero-order chi connectivity index (χ0) is 9.42. The summed E-state index contributed by atoms with van der Waals surface area (Å²) in [5.41, 5.74) is 1.56. The monoisotopic (exact) mass is 178 g/mol. The van der Waals surface area contributed by atoms with Crippen LogP contribution in [0.25, 0.3) is 0 Å². The first-order valence-corrected chi connectivity index (χ1v) is 5.21. The Bertz CT molecular complexity index is 252. The van der Waals surface area contributed by atoms with Crippen LogP contribution in [0.3, 0.4) is 0 Å². The Labute approximate surface area is 80.5 Å². The molecule has 1 heteroatoms. The van der Waals surface area contributed by atoms with E-state index in [9.17, 15) is 0 Å². The molecule has 2 aliphatic rings. The number of allylic oxidation sites excluding steroid dienone is 3. The van der Waals surface area contributed by atoms with Crippen LogP contribution in [0.4, 0.5) is 0 Å². The Hall–Kier alpha value is -0.560. The van der Waals surface area contributed by atoms with Crippen LogP contribution in [0, 0.1) is 11.8 Å². The van der Waals surface area contributed by atoms with Gasteiger partial charge in [-0.15, -0.1) is 0 Å². The van der Waals surface area contributed by atoms with Crippen LogP contribution in [0.2, 0.25) is 0 Å². The van der Waals surface area contributed by atoms with Crippen LogP contribution >= 0.6 is 0 Å². The van der Waals surface area contributed by atoms with Crippen molar-refractivity contribution in [3.63, 3.8) is 0 Å². The molecule has 1 heterocycles. The molecule has 0 N–H and O–H groups in total. The summed E-state index contributed by atoms with van der Waals surface area (Å²) in [6.45, 7) is 6.69. The minimum Gasteiger partial charge on any atom is -0.375 e. The molecule has 0 spiro atoms. The molecule has 1 aliphatic carbocycles. The van der Waals surface area contributed by atoms with Gasteiger partial charge in [0.1, 0.15) is 0 Å². The number of ether oxygens (including phenoxy) is 1. The van der Waals surface area contributed by atoms with Gasteiger partial charge in [-0.3, -0.25) is 0 Å². The fraction of sp³-hybridized carbons (Fsp3) is 0.667. The van der Waals surface area contributed by atoms with Crippen LogP contribution in [0.5, 0.6) is 0 Å². The van der Waals surface area contributed by atoms with Crippen LogP contribution in [0.1, 0.15) is 27.2 Å². The van der Waals surface area contributed by atoms with Gasteiger partial charge in [0.25, 0.3) is 0 Å². The van der Waals surface area contributed by atoms with Crippen molar-refractivity contribution < 1.29 is 4.74 Å². The summed E-state index contributed by atoms with van der Waals surface area (Å²) >= 11 is 0. The van der Waals surface area contributed by atoms with Crippen LogP contribution in [-0.2, 0) is 4.74 Å². The maximum atomic E-state index is 5.83. The third-order valence-corrected chi connectivity index (χ3v) is 3.47. The van der Waals surface area contributed by atoms with Gasteiger partial charge in [-0.25, -0.2) is 0 Å². The lowest BCUT2D eigenvalue weighted by molar-refractivity contribution is 0.0534. The predicted octanol–water partition coefficient (Wildman–Crippen LogP) is 2.93. The molecule has 0 aromatic rings. The molecule has 0 amide bonds. The van der Waals surface area contributed by atoms with Crippen molar-refractivity contribution in [1.29, 1.82) is 0 Å². The van der Waals surface area contributed by atoms with Crippen molar-refractivity contribution >= 4 is 0 Å². The molecule has 0 saturated carbocycles. The van der Waals surface area contributed by atoms with E-state index in [0.29, 0.717) is 24.0 Å². The minimum atomic E-state index is 0.399. The van der Waals surface area contributed by atoms with Gasteiger partial charge >= 0.3 is 0 Å². The minimum absolute atomic E-state index is 0.399. The molecule has 13 heavy (non-hydrogen) atoms. The quantitative estimate of drug-likeness (QED) is 0.600. The van der Waals surface area contributed by atoms with Crippen molar-refractivity contribution in [2.45, 2.75) is 39.4 Å². The molecule has 4 unspecified atom stereocenters. The number of hydrogen-bond donors (Lipinski definition) is 0. The maximum Gasteiger partial charge on any atom is 0.0619 e. The van der Waals surface area contributed by atoms with Gasteiger partial charge in [-0.2, -0.15) is 0 Å². The van der Waals surface area contributed by atoms with Gasteiger partial charge in [0, 0.05) is 5.92 Å². The van der Waals surface area contributed by atoms with Gasteiger partial charge in [0.2, 0.25) is 0 Å². The lowest BCUT2D eigenvalue weighted by Crippen LogP contribution is -2.18. The normalized spacial score (nSPS) is 44.1. The molecule has 1 aliphatic heterocycles. The third kappa shape index (κ3) is 1.46. The van der Waals surface area contributed by atoms with Gasteiger partial charge in [-0.1, -0.05) is 30.7 Å². The lowest BCUT2D eigenvalue weighted by atomic mass is 9.83. The van der Waals surface area contributed by atoms with Crippen molar-refractivity contribution in [3.8, 4) is 0 Å². The molecule has 1 saturated heterocycles. The maximum absolute atomic E-state index is 5.83. The summed E-state index contributed by atoms with van der Waals surface area (Å²) in [6.07, 6.45) is 8.61. The summed E-state index contributed by atoms with van der Waals surface area (Å²) in [6, 6.07) is 0. The molecule has 0 aromatic carbocycles. The van der Waals surface area contributed by atoms with E-state index < -0.39 is 0 Å². The Morgan fingerprint density at radius 2 is 2.00 bits per heavy atom. The first-order chi connectivity index (χ1) is 6.20. The molecule has 0 bridgehead atoms. The highest BCUT2D eigenvalue weighted by atomic mass is 16.5. The molecule has 0 aromatic heterocycles. The van der Waals surface area contributed by atoms with E-state index in [1.807, 2.05) is 0 Å². The second kappa shape index (κ2) is 3.30. The van der Waals surface area contributed by atoms with Gasteiger partial charge in [0.05, 0.1) is 12.2 Å². The predicted molar refractivity (Wildman–Crippen MR) is 54.5 cm³/mol. The molecule has 1 fully saturated rings. The SMILES string of the molecule is CC1OC(C)C(C2=CC=CC2)C1C. The Morgan fingerprint density at radius 1 is 1.23 bits per heavy atom. The van der Waals surface area contributed by atoms with E-state index in [2.05, 4.69) is 39.0 Å². The average Bonchev–Trinajstić information content (AvgIpc) is 2.63. The highest BCUT2D eigenvalue weighted by molar-refractivity contribution is 5.27. The molecular weight excluding hydrogens is 160 g/mol. The molecule has 72 valence electrons. The Balaban J connectivity index is 2.14. The van der Waals surface area contributed by atoms with E-state index in [1.165, 1.54) is 0 Å². The van der Waals surface area contributed by atoms with Crippen LogP contribution in [0.15, 0.2) is 23.8 Å². The summed E-state index contributed by atoms with van der Waals surface area (Å²) in [7, 11) is 0. The van der Waals surface area contributed by atoms with E-state index in [0.717, 1.165) is 6.42 Å². The highest BCUT2D eigenvalue weighted by Gasteiger charge is 2.38. The molecule has 0 radical (unpaired) electrons. The van der Waals surface area contributed by atoms with Crippen LogP contribution in [-0.4, -0.2) is 12.2 Å². The zero-order valence-corrected chi connectivity index (χ0v) is 8.66. The summed E-state index contributed by atoms with van der Waals surface area (Å²) < 4.78 is 5.83. The van der Waals surface area contributed by atoms with Gasteiger partial charge in [0.15, 0.2) is 0 Å². The van der Waals surface area contributed by atoms with Crippen molar-refractivity contribution in [3.05, 3.63) is 23.8 Å². The smallest absolute Gasteiger partial charge is 0.0619 e. The fourth-order valence-corrected chi connectivity index (χ4v) is 2.62. The molecule has 2 rings (SSSR count). The second-order valence-electron chi connectivity index (χ2n) is 4.31. The van der Waals surface area contributed by atoms with Crippen molar-refractivity contribution in [2.75, 3.05) is 0 Å². The molecule has 1 nitrogen and oxygen atoms in total. The van der Waals surface area contributed by atoms with E-state index in [1.54, 1.807) is 5.57 Å². The van der Waals surface area contributed by atoms with Crippen LogP contribution < -0.4 is 0 Å². The third-order valence-electron chi connectivity index (χ3n) is 3.47. The van der Waals surface area contributed by atoms with E-state index >= 15 is 0 Å². The lowest BCUT2D eigenvalue weighted by Gasteiger charge is -2.19. The molecule has 4 atom stereocenters. The largest absolute Gasteiger partial charge is 0.375 e. The Morgan fingerprint density at radius 3 is 2.46 bits per heavy atom. The first-order valence-electron chi connectivity index (χ1n) is 5.21. The van der Waals surface area contributed by atoms with Crippen molar-refractivity contribution in [2.24, 2.45) is 11.8 Å². The number of hydrogen-bond acceptors (Lipinski definition) is 1. The van der Waals surface area contributed by atoms with Gasteiger partial charge in [-0.05, 0) is 26.2 Å². The van der Waals surface area contributed by atoms with E-state index in [-0.39, 0.29) is 0 Å². The zero-order valence-electron chi connectivity index (χ0n) is 8.66.